The van der Waals surface area contributed by atoms with Crippen molar-refractivity contribution in [1.82, 2.24) is 4.72 Å². The predicted octanol–water partition coefficient (Wildman–Crippen LogP) is 2.32. The van der Waals surface area contributed by atoms with Gasteiger partial charge in [0.1, 0.15) is 17.5 Å². The maximum atomic E-state index is 13.6. The van der Waals surface area contributed by atoms with Crippen molar-refractivity contribution in [2.24, 2.45) is 11.7 Å². The minimum absolute atomic E-state index is 0. The molecular formula is C13H18ClF3N2O2S. The molecule has 1 saturated carbocycles. The van der Waals surface area contributed by atoms with Crippen LogP contribution in [-0.4, -0.2) is 21.0 Å². The summed E-state index contributed by atoms with van der Waals surface area (Å²) >= 11 is 0. The van der Waals surface area contributed by atoms with Gasteiger partial charge in [-0.25, -0.2) is 26.3 Å². The van der Waals surface area contributed by atoms with E-state index in [-0.39, 0.29) is 18.3 Å². The summed E-state index contributed by atoms with van der Waals surface area (Å²) in [5.41, 5.74) is 5.60. The summed E-state index contributed by atoms with van der Waals surface area (Å²) in [5, 5.41) is 0. The lowest BCUT2D eigenvalue weighted by atomic mass is 9.85. The van der Waals surface area contributed by atoms with Gasteiger partial charge in [-0.3, -0.25) is 0 Å². The van der Waals surface area contributed by atoms with Crippen LogP contribution in [0.25, 0.3) is 0 Å². The minimum atomic E-state index is -4.40. The summed E-state index contributed by atoms with van der Waals surface area (Å²) in [6.07, 6.45) is 3.08. The molecule has 2 rings (SSSR count). The van der Waals surface area contributed by atoms with Gasteiger partial charge in [-0.15, -0.1) is 12.4 Å². The zero-order valence-electron chi connectivity index (χ0n) is 11.7. The third-order valence-corrected chi connectivity index (χ3v) is 5.29. The second kappa shape index (κ2) is 7.63. The van der Waals surface area contributed by atoms with E-state index in [1.165, 1.54) is 0 Å². The normalized spacial score (nSPS) is 22.2. The molecule has 0 bridgehead atoms. The van der Waals surface area contributed by atoms with Crippen LogP contribution in [-0.2, 0) is 10.0 Å². The highest BCUT2D eigenvalue weighted by Gasteiger charge is 2.32. The van der Waals surface area contributed by atoms with Crippen LogP contribution in [0.5, 0.6) is 0 Å². The first-order chi connectivity index (χ1) is 9.85. The van der Waals surface area contributed by atoms with E-state index in [0.717, 1.165) is 19.3 Å². The Labute approximate surface area is 133 Å². The number of sulfonamides is 1. The van der Waals surface area contributed by atoms with Crippen LogP contribution in [0.2, 0.25) is 0 Å². The molecule has 2 atom stereocenters. The molecule has 1 aromatic rings. The molecule has 9 heteroatoms. The van der Waals surface area contributed by atoms with Crippen molar-refractivity contribution in [2.75, 3.05) is 6.54 Å². The van der Waals surface area contributed by atoms with Gasteiger partial charge in [-0.2, -0.15) is 0 Å². The number of nitrogens with one attached hydrogen (secondary N) is 1. The first-order valence-corrected chi connectivity index (χ1v) is 8.20. The van der Waals surface area contributed by atoms with Crippen LogP contribution in [0.15, 0.2) is 17.0 Å². The molecule has 0 heterocycles. The first kappa shape index (κ1) is 19.2. The Kier molecular flexibility index (Phi) is 6.66. The maximum Gasteiger partial charge on any atom is 0.246 e. The van der Waals surface area contributed by atoms with Crippen molar-refractivity contribution in [3.05, 3.63) is 29.6 Å². The third kappa shape index (κ3) is 4.13. The standard InChI is InChI=1S/C13H17F3N2O2S.ClH/c14-9-5-10(15)13(11(16)6-9)21(19,20)18-12-4-2-1-3-8(12)7-17;/h5-6,8,12,18H,1-4,7,17H2;1H. The summed E-state index contributed by atoms with van der Waals surface area (Å²) in [6.45, 7) is 0.293. The molecule has 0 spiro atoms. The van der Waals surface area contributed by atoms with Crippen molar-refractivity contribution >= 4 is 22.4 Å². The Morgan fingerprint density at radius 3 is 2.23 bits per heavy atom. The molecule has 3 N–H and O–H groups in total. The second-order valence-electron chi connectivity index (χ2n) is 5.21. The lowest BCUT2D eigenvalue weighted by Gasteiger charge is -2.31. The fourth-order valence-corrected chi connectivity index (χ4v) is 4.15. The third-order valence-electron chi connectivity index (χ3n) is 3.75. The van der Waals surface area contributed by atoms with Gasteiger partial charge in [0.2, 0.25) is 10.0 Å². The van der Waals surface area contributed by atoms with E-state index in [0.29, 0.717) is 25.1 Å². The van der Waals surface area contributed by atoms with E-state index in [9.17, 15) is 21.6 Å². The molecule has 126 valence electrons. The molecular weight excluding hydrogens is 341 g/mol. The van der Waals surface area contributed by atoms with Gasteiger partial charge in [0, 0.05) is 18.2 Å². The fraction of sp³-hybridized carbons (Fsp3) is 0.538. The zero-order valence-corrected chi connectivity index (χ0v) is 13.3. The van der Waals surface area contributed by atoms with Crippen molar-refractivity contribution in [1.29, 1.82) is 0 Å². The lowest BCUT2D eigenvalue weighted by Crippen LogP contribution is -2.45. The monoisotopic (exact) mass is 358 g/mol. The molecule has 4 nitrogen and oxygen atoms in total. The molecule has 1 fully saturated rings. The summed E-state index contributed by atoms with van der Waals surface area (Å²) < 4.78 is 66.7. The largest absolute Gasteiger partial charge is 0.330 e. The minimum Gasteiger partial charge on any atom is -0.330 e. The highest BCUT2D eigenvalue weighted by atomic mass is 35.5. The Morgan fingerprint density at radius 2 is 1.68 bits per heavy atom. The summed E-state index contributed by atoms with van der Waals surface area (Å²) in [5.74, 6) is -4.12. The van der Waals surface area contributed by atoms with E-state index in [2.05, 4.69) is 4.72 Å². The predicted molar refractivity (Wildman–Crippen MR) is 78.7 cm³/mol. The molecule has 0 aromatic heterocycles. The quantitative estimate of drug-likeness (QED) is 0.867. The summed E-state index contributed by atoms with van der Waals surface area (Å²) in [7, 11) is -4.40. The first-order valence-electron chi connectivity index (χ1n) is 6.72. The van der Waals surface area contributed by atoms with Crippen molar-refractivity contribution in [2.45, 2.75) is 36.6 Å². The topological polar surface area (TPSA) is 72.2 Å². The molecule has 2 unspecified atom stereocenters. The van der Waals surface area contributed by atoms with Gasteiger partial charge in [0.25, 0.3) is 0 Å². The van der Waals surface area contributed by atoms with E-state index in [4.69, 9.17) is 5.73 Å². The lowest BCUT2D eigenvalue weighted by molar-refractivity contribution is 0.295. The molecule has 0 amide bonds. The number of rotatable bonds is 4. The van der Waals surface area contributed by atoms with Crippen LogP contribution in [0.4, 0.5) is 13.2 Å². The number of hydrogen-bond acceptors (Lipinski definition) is 3. The highest BCUT2D eigenvalue weighted by molar-refractivity contribution is 7.89. The van der Waals surface area contributed by atoms with Gasteiger partial charge < -0.3 is 5.73 Å². The van der Waals surface area contributed by atoms with Crippen molar-refractivity contribution < 1.29 is 21.6 Å². The van der Waals surface area contributed by atoms with E-state index in [1.54, 1.807) is 0 Å². The Hall–Kier alpha value is -0.830. The van der Waals surface area contributed by atoms with E-state index < -0.39 is 38.4 Å². The SMILES string of the molecule is Cl.NCC1CCCCC1NS(=O)(=O)c1c(F)cc(F)cc1F. The molecule has 1 aliphatic rings. The molecule has 0 saturated heterocycles. The van der Waals surface area contributed by atoms with Gasteiger partial charge in [-0.05, 0) is 25.3 Å². The van der Waals surface area contributed by atoms with Crippen LogP contribution >= 0.6 is 12.4 Å². The zero-order chi connectivity index (χ0) is 15.6. The van der Waals surface area contributed by atoms with Crippen molar-refractivity contribution in [3.8, 4) is 0 Å². The number of halogens is 4. The maximum absolute atomic E-state index is 13.6. The molecule has 1 aliphatic carbocycles. The highest BCUT2D eigenvalue weighted by Crippen LogP contribution is 2.26. The Bertz CT molecular complexity index is 605. The van der Waals surface area contributed by atoms with Crippen LogP contribution in [0, 0.1) is 23.4 Å². The summed E-state index contributed by atoms with van der Waals surface area (Å²) in [4.78, 5) is -1.15. The Morgan fingerprint density at radius 1 is 1.14 bits per heavy atom. The van der Waals surface area contributed by atoms with Gasteiger partial charge in [0.15, 0.2) is 4.90 Å². The number of hydrogen-bond donors (Lipinski definition) is 2. The average molecular weight is 359 g/mol. The fourth-order valence-electron chi connectivity index (χ4n) is 2.69. The number of benzene rings is 1. The van der Waals surface area contributed by atoms with E-state index >= 15 is 0 Å². The Balaban J connectivity index is 0.00000242. The van der Waals surface area contributed by atoms with Crippen LogP contribution in [0.3, 0.4) is 0 Å². The summed E-state index contributed by atoms with van der Waals surface area (Å²) in [6, 6.07) is 0.232. The average Bonchev–Trinajstić information content (AvgIpc) is 2.37. The van der Waals surface area contributed by atoms with Crippen molar-refractivity contribution in [3.63, 3.8) is 0 Å². The molecule has 0 aliphatic heterocycles. The second-order valence-corrected chi connectivity index (χ2v) is 6.86. The molecule has 1 aromatic carbocycles. The number of nitrogens with two attached hydrogens (primary N) is 1. The smallest absolute Gasteiger partial charge is 0.246 e. The molecule has 22 heavy (non-hydrogen) atoms. The van der Waals surface area contributed by atoms with Gasteiger partial charge in [0.05, 0.1) is 0 Å². The van der Waals surface area contributed by atoms with Gasteiger partial charge in [-0.1, -0.05) is 12.8 Å². The van der Waals surface area contributed by atoms with Crippen LogP contribution < -0.4 is 10.5 Å². The van der Waals surface area contributed by atoms with E-state index in [1.807, 2.05) is 0 Å². The van der Waals surface area contributed by atoms with Gasteiger partial charge >= 0.3 is 0 Å². The van der Waals surface area contributed by atoms with Crippen LogP contribution in [0.1, 0.15) is 25.7 Å². The molecule has 0 radical (unpaired) electrons.